The summed E-state index contributed by atoms with van der Waals surface area (Å²) in [4.78, 5) is 15.8. The van der Waals surface area contributed by atoms with Crippen LogP contribution in [0.5, 0.6) is 0 Å². The molecule has 1 aliphatic heterocycles. The molecule has 0 spiro atoms. The minimum atomic E-state index is 0.483. The highest BCUT2D eigenvalue weighted by atomic mass is 16.5. The van der Waals surface area contributed by atoms with Crippen molar-refractivity contribution < 1.29 is 4.74 Å². The molecule has 0 aromatic carbocycles. The van der Waals surface area contributed by atoms with E-state index in [9.17, 15) is 0 Å². The lowest BCUT2D eigenvalue weighted by molar-refractivity contribution is 0.184. The summed E-state index contributed by atoms with van der Waals surface area (Å²) < 4.78 is 5.36. The smallest absolute Gasteiger partial charge is 0.183 e. The molecule has 1 unspecified atom stereocenters. The number of imidazole rings is 1. The third-order valence-corrected chi connectivity index (χ3v) is 3.40. The first-order valence-electron chi connectivity index (χ1n) is 6.36. The Morgan fingerprint density at radius 2 is 2.39 bits per heavy atom. The molecule has 0 amide bonds. The maximum atomic E-state index is 5.85. The summed E-state index contributed by atoms with van der Waals surface area (Å²) in [7, 11) is 0. The number of nitrogens with one attached hydrogen (secondary N) is 1. The summed E-state index contributed by atoms with van der Waals surface area (Å²) in [5.74, 6) is 1.97. The van der Waals surface area contributed by atoms with Gasteiger partial charge in [0.25, 0.3) is 0 Å². The lowest BCUT2D eigenvalue weighted by Crippen LogP contribution is -2.04. The molecule has 6 heteroatoms. The molecule has 3 rings (SSSR count). The Kier molecular flexibility index (Phi) is 3.10. The zero-order valence-electron chi connectivity index (χ0n) is 10.2. The molecule has 6 nitrogen and oxygen atoms in total. The molecule has 1 fully saturated rings. The molecular formula is C12H17N5O. The second-order valence-electron chi connectivity index (χ2n) is 4.75. The fraction of sp³-hybridized carbons (Fsp3) is 0.583. The van der Waals surface area contributed by atoms with Gasteiger partial charge in [0.15, 0.2) is 11.5 Å². The zero-order valence-corrected chi connectivity index (χ0v) is 10.2. The third kappa shape index (κ3) is 2.28. The predicted molar refractivity (Wildman–Crippen MR) is 68.0 cm³/mol. The number of H-pyrrole nitrogens is 1. The third-order valence-electron chi connectivity index (χ3n) is 3.40. The molecule has 1 atom stereocenters. The van der Waals surface area contributed by atoms with Crippen molar-refractivity contribution in [1.29, 1.82) is 0 Å². The van der Waals surface area contributed by atoms with Crippen LogP contribution in [-0.2, 0) is 11.2 Å². The van der Waals surface area contributed by atoms with Crippen LogP contribution in [0.1, 0.15) is 25.1 Å². The number of rotatable bonds is 4. The van der Waals surface area contributed by atoms with Gasteiger partial charge in [0.2, 0.25) is 0 Å². The first-order chi connectivity index (χ1) is 8.83. The lowest BCUT2D eigenvalue weighted by atomic mass is 10.0. The molecular weight excluding hydrogens is 230 g/mol. The number of anilines is 1. The van der Waals surface area contributed by atoms with Gasteiger partial charge in [0.1, 0.15) is 11.3 Å². The largest absolute Gasteiger partial charge is 0.382 e. The van der Waals surface area contributed by atoms with E-state index in [2.05, 4.69) is 19.9 Å². The highest BCUT2D eigenvalue weighted by molar-refractivity contribution is 5.80. The maximum Gasteiger partial charge on any atom is 0.183 e. The van der Waals surface area contributed by atoms with Crippen LogP contribution >= 0.6 is 0 Å². The first kappa shape index (κ1) is 11.4. The fourth-order valence-corrected chi connectivity index (χ4v) is 2.37. The van der Waals surface area contributed by atoms with Gasteiger partial charge in [-0.1, -0.05) is 0 Å². The van der Waals surface area contributed by atoms with Gasteiger partial charge < -0.3 is 15.5 Å². The van der Waals surface area contributed by atoms with E-state index in [1.807, 2.05) is 0 Å². The Hall–Kier alpha value is -1.69. The van der Waals surface area contributed by atoms with Crippen molar-refractivity contribution in [2.75, 3.05) is 18.9 Å². The van der Waals surface area contributed by atoms with E-state index in [-0.39, 0.29) is 0 Å². The lowest BCUT2D eigenvalue weighted by Gasteiger charge is -2.06. The van der Waals surface area contributed by atoms with Gasteiger partial charge in [-0.15, -0.1) is 0 Å². The van der Waals surface area contributed by atoms with E-state index in [0.717, 1.165) is 37.4 Å². The highest BCUT2D eigenvalue weighted by Crippen LogP contribution is 2.19. The molecule has 1 aliphatic rings. The van der Waals surface area contributed by atoms with Crippen LogP contribution in [0.3, 0.4) is 0 Å². The van der Waals surface area contributed by atoms with E-state index in [1.165, 1.54) is 12.8 Å². The predicted octanol–water partition coefficient (Wildman–Crippen LogP) is 1.29. The van der Waals surface area contributed by atoms with Crippen LogP contribution in [0, 0.1) is 5.92 Å². The van der Waals surface area contributed by atoms with Crippen molar-refractivity contribution in [3.63, 3.8) is 0 Å². The van der Waals surface area contributed by atoms with Crippen molar-refractivity contribution in [3.8, 4) is 0 Å². The summed E-state index contributed by atoms with van der Waals surface area (Å²) in [6.45, 7) is 1.81. The quantitative estimate of drug-likeness (QED) is 0.849. The van der Waals surface area contributed by atoms with E-state index < -0.39 is 0 Å². The first-order valence-corrected chi connectivity index (χ1v) is 6.36. The normalized spacial score (nSPS) is 19.7. The van der Waals surface area contributed by atoms with Gasteiger partial charge in [0, 0.05) is 19.6 Å². The Balaban J connectivity index is 1.63. The monoisotopic (exact) mass is 247 g/mol. The number of aromatic amines is 1. The number of nitrogens with two attached hydrogens (primary N) is 1. The molecule has 0 saturated carbocycles. The minimum Gasteiger partial charge on any atom is -0.382 e. The van der Waals surface area contributed by atoms with E-state index in [0.29, 0.717) is 17.4 Å². The molecule has 1 saturated heterocycles. The maximum absolute atomic E-state index is 5.85. The number of aryl methyl sites for hydroxylation is 1. The molecule has 96 valence electrons. The second kappa shape index (κ2) is 4.89. The van der Waals surface area contributed by atoms with E-state index in [1.54, 1.807) is 6.33 Å². The van der Waals surface area contributed by atoms with Gasteiger partial charge in [-0.2, -0.15) is 0 Å². The number of ether oxygens (including phenoxy) is 1. The minimum absolute atomic E-state index is 0.483. The van der Waals surface area contributed by atoms with Gasteiger partial charge in [-0.05, 0) is 25.2 Å². The van der Waals surface area contributed by atoms with Gasteiger partial charge in [0.05, 0.1) is 6.33 Å². The molecule has 0 bridgehead atoms. The summed E-state index contributed by atoms with van der Waals surface area (Å²) in [5, 5.41) is 0. The standard InChI is InChI=1S/C12H17N5O/c13-11-10-12(15-7-14-10)17-9(16-11)3-1-2-8-4-5-18-6-8/h7-8H,1-6H2,(H3,13,14,15,16,17). The number of fused-ring (bicyclic) bond motifs is 1. The van der Waals surface area contributed by atoms with E-state index >= 15 is 0 Å². The zero-order chi connectivity index (χ0) is 12.4. The van der Waals surface area contributed by atoms with Crippen LogP contribution in [-0.4, -0.2) is 33.1 Å². The Bertz CT molecular complexity index is 532. The van der Waals surface area contributed by atoms with Crippen LogP contribution in [0.2, 0.25) is 0 Å². The number of hydrogen-bond donors (Lipinski definition) is 2. The Labute approximate surface area is 105 Å². The second-order valence-corrected chi connectivity index (χ2v) is 4.75. The Morgan fingerprint density at radius 3 is 3.22 bits per heavy atom. The van der Waals surface area contributed by atoms with Crippen molar-refractivity contribution >= 4 is 17.0 Å². The van der Waals surface area contributed by atoms with Crippen molar-refractivity contribution in [2.24, 2.45) is 5.92 Å². The average Bonchev–Trinajstić information content (AvgIpc) is 2.99. The average molecular weight is 247 g/mol. The highest BCUT2D eigenvalue weighted by Gasteiger charge is 2.15. The molecule has 3 heterocycles. The number of nitrogen functional groups attached to an aromatic ring is 1. The molecule has 2 aromatic rings. The van der Waals surface area contributed by atoms with Crippen molar-refractivity contribution in [2.45, 2.75) is 25.7 Å². The number of nitrogens with zero attached hydrogens (tertiary/aromatic N) is 3. The topological polar surface area (TPSA) is 89.7 Å². The number of aromatic nitrogens is 4. The van der Waals surface area contributed by atoms with Gasteiger partial charge >= 0.3 is 0 Å². The van der Waals surface area contributed by atoms with Crippen molar-refractivity contribution in [1.82, 2.24) is 19.9 Å². The van der Waals surface area contributed by atoms with Crippen LogP contribution < -0.4 is 5.73 Å². The Morgan fingerprint density at radius 1 is 1.44 bits per heavy atom. The summed E-state index contributed by atoms with van der Waals surface area (Å²) in [5.41, 5.74) is 7.23. The molecule has 0 radical (unpaired) electrons. The van der Waals surface area contributed by atoms with Crippen molar-refractivity contribution in [3.05, 3.63) is 12.2 Å². The SMILES string of the molecule is Nc1nc(CCCC2CCOC2)nc2nc[nH]c12. The molecule has 0 aliphatic carbocycles. The van der Waals surface area contributed by atoms with Gasteiger partial charge in [-0.25, -0.2) is 15.0 Å². The van der Waals surface area contributed by atoms with E-state index in [4.69, 9.17) is 10.5 Å². The van der Waals surface area contributed by atoms with Crippen LogP contribution in [0.15, 0.2) is 6.33 Å². The molecule has 3 N–H and O–H groups in total. The van der Waals surface area contributed by atoms with Crippen LogP contribution in [0.25, 0.3) is 11.2 Å². The summed E-state index contributed by atoms with van der Waals surface area (Å²) in [6, 6.07) is 0. The van der Waals surface area contributed by atoms with Gasteiger partial charge in [-0.3, -0.25) is 0 Å². The fourth-order valence-electron chi connectivity index (χ4n) is 2.37. The van der Waals surface area contributed by atoms with Crippen LogP contribution in [0.4, 0.5) is 5.82 Å². The molecule has 2 aromatic heterocycles. The summed E-state index contributed by atoms with van der Waals surface area (Å²) in [6.07, 6.45) is 5.87. The summed E-state index contributed by atoms with van der Waals surface area (Å²) >= 11 is 0. The number of hydrogen-bond acceptors (Lipinski definition) is 5. The molecule has 18 heavy (non-hydrogen) atoms.